The van der Waals surface area contributed by atoms with E-state index < -0.39 is 5.97 Å². The first kappa shape index (κ1) is 14.6. The van der Waals surface area contributed by atoms with Gasteiger partial charge in [-0.2, -0.15) is 0 Å². The summed E-state index contributed by atoms with van der Waals surface area (Å²) in [5, 5.41) is 12.2. The topological polar surface area (TPSA) is 93.6 Å². The number of carboxylic acid groups (broad SMARTS) is 1. The van der Waals surface area contributed by atoms with Crippen molar-refractivity contribution in [1.29, 1.82) is 0 Å². The summed E-state index contributed by atoms with van der Waals surface area (Å²) in [6.45, 7) is 0.264. The zero-order chi connectivity index (χ0) is 15.2. The van der Waals surface area contributed by atoms with Crippen LogP contribution in [-0.4, -0.2) is 35.3 Å². The van der Waals surface area contributed by atoms with Crippen LogP contribution in [0.3, 0.4) is 0 Å². The van der Waals surface area contributed by atoms with Gasteiger partial charge in [-0.05, 0) is 12.1 Å². The molecule has 0 aliphatic rings. The Balaban J connectivity index is 2.15. The van der Waals surface area contributed by atoms with Crippen LogP contribution in [0.15, 0.2) is 30.7 Å². The van der Waals surface area contributed by atoms with Crippen LogP contribution in [0, 0.1) is 0 Å². The van der Waals surface area contributed by atoms with Gasteiger partial charge in [-0.1, -0.05) is 0 Å². The van der Waals surface area contributed by atoms with Crippen LogP contribution in [-0.2, 0) is 6.54 Å². The second kappa shape index (κ2) is 6.56. The van der Waals surface area contributed by atoms with Crippen LogP contribution in [0.2, 0.25) is 0 Å². The number of rotatable bonds is 6. The molecule has 21 heavy (non-hydrogen) atoms. The Morgan fingerprint density at radius 3 is 2.71 bits per heavy atom. The molecule has 0 saturated carbocycles. The van der Waals surface area contributed by atoms with Gasteiger partial charge in [0, 0.05) is 18.0 Å². The summed E-state index contributed by atoms with van der Waals surface area (Å²) in [5.41, 5.74) is 1.25. The molecule has 1 heterocycles. The van der Waals surface area contributed by atoms with Gasteiger partial charge in [0.05, 0.1) is 26.5 Å². The molecule has 2 aromatic rings. The molecule has 0 amide bonds. The van der Waals surface area contributed by atoms with Crippen molar-refractivity contribution in [3.63, 3.8) is 0 Å². The Labute approximate surface area is 121 Å². The lowest BCUT2D eigenvalue weighted by Crippen LogP contribution is -2.10. The van der Waals surface area contributed by atoms with Gasteiger partial charge in [0.25, 0.3) is 0 Å². The number of nitrogens with one attached hydrogen (secondary N) is 1. The zero-order valence-corrected chi connectivity index (χ0v) is 11.7. The number of aromatic carboxylic acids is 1. The largest absolute Gasteiger partial charge is 0.493 e. The van der Waals surface area contributed by atoms with E-state index in [9.17, 15) is 4.79 Å². The maximum Gasteiger partial charge on any atom is 0.339 e. The van der Waals surface area contributed by atoms with Gasteiger partial charge in [-0.15, -0.1) is 0 Å². The second-order valence-electron chi connectivity index (χ2n) is 4.11. The summed E-state index contributed by atoms with van der Waals surface area (Å²) >= 11 is 0. The molecule has 0 saturated heterocycles. The standard InChI is InChI=1S/C14H15N3O4/c1-20-12-4-3-9(5-13(12)21-2)16-7-11-10(14(18)19)6-15-8-17-11/h3-6,8,16H,7H2,1-2H3,(H,18,19). The van der Waals surface area contributed by atoms with E-state index in [-0.39, 0.29) is 12.1 Å². The third-order valence-electron chi connectivity index (χ3n) is 2.87. The average Bonchev–Trinajstić information content (AvgIpc) is 2.52. The molecule has 7 heteroatoms. The van der Waals surface area contributed by atoms with E-state index in [0.29, 0.717) is 17.2 Å². The van der Waals surface area contributed by atoms with Crippen molar-refractivity contribution in [2.75, 3.05) is 19.5 Å². The number of nitrogens with zero attached hydrogens (tertiary/aromatic N) is 2. The van der Waals surface area contributed by atoms with Gasteiger partial charge < -0.3 is 19.9 Å². The molecule has 0 atom stereocenters. The molecule has 1 aromatic heterocycles. The molecule has 110 valence electrons. The highest BCUT2D eigenvalue weighted by atomic mass is 16.5. The zero-order valence-electron chi connectivity index (χ0n) is 11.7. The Hall–Kier alpha value is -2.83. The monoisotopic (exact) mass is 289 g/mol. The van der Waals surface area contributed by atoms with Crippen LogP contribution < -0.4 is 14.8 Å². The molecule has 0 spiro atoms. The molecule has 0 radical (unpaired) electrons. The summed E-state index contributed by atoms with van der Waals surface area (Å²) in [4.78, 5) is 18.8. The number of anilines is 1. The smallest absolute Gasteiger partial charge is 0.339 e. The van der Waals surface area contributed by atoms with E-state index in [1.165, 1.54) is 12.5 Å². The lowest BCUT2D eigenvalue weighted by atomic mass is 10.2. The highest BCUT2D eigenvalue weighted by Gasteiger charge is 2.11. The third kappa shape index (κ3) is 3.38. The Morgan fingerprint density at radius 2 is 2.05 bits per heavy atom. The van der Waals surface area contributed by atoms with Crippen molar-refractivity contribution in [3.8, 4) is 11.5 Å². The van der Waals surface area contributed by atoms with Gasteiger partial charge in [-0.3, -0.25) is 0 Å². The van der Waals surface area contributed by atoms with Crippen molar-refractivity contribution >= 4 is 11.7 Å². The third-order valence-corrected chi connectivity index (χ3v) is 2.87. The molecule has 0 aliphatic carbocycles. The van der Waals surface area contributed by atoms with E-state index in [2.05, 4.69) is 15.3 Å². The Kier molecular flexibility index (Phi) is 4.55. The number of methoxy groups -OCH3 is 2. The van der Waals surface area contributed by atoms with Gasteiger partial charge in [0.1, 0.15) is 11.9 Å². The van der Waals surface area contributed by atoms with E-state index >= 15 is 0 Å². The van der Waals surface area contributed by atoms with E-state index in [1.54, 1.807) is 26.4 Å². The van der Waals surface area contributed by atoms with Gasteiger partial charge in [0.2, 0.25) is 0 Å². The molecule has 0 aliphatic heterocycles. The summed E-state index contributed by atoms with van der Waals surface area (Å²) in [6, 6.07) is 5.34. The molecular formula is C14H15N3O4. The first-order chi connectivity index (χ1) is 10.2. The first-order valence-corrected chi connectivity index (χ1v) is 6.13. The molecule has 0 bridgehead atoms. The van der Waals surface area contributed by atoms with E-state index in [4.69, 9.17) is 14.6 Å². The fourth-order valence-corrected chi connectivity index (χ4v) is 1.81. The van der Waals surface area contributed by atoms with E-state index in [1.807, 2.05) is 6.07 Å². The van der Waals surface area contributed by atoms with Crippen molar-refractivity contribution in [3.05, 3.63) is 42.0 Å². The van der Waals surface area contributed by atoms with Crippen molar-refractivity contribution in [2.45, 2.75) is 6.54 Å². The quantitative estimate of drug-likeness (QED) is 0.837. The van der Waals surface area contributed by atoms with Crippen molar-refractivity contribution in [2.24, 2.45) is 0 Å². The predicted octanol–water partition coefficient (Wildman–Crippen LogP) is 1.80. The molecular weight excluding hydrogens is 274 g/mol. The minimum atomic E-state index is -1.06. The lowest BCUT2D eigenvalue weighted by Gasteiger charge is -2.11. The van der Waals surface area contributed by atoms with E-state index in [0.717, 1.165) is 5.69 Å². The number of carbonyl (C=O) groups is 1. The second-order valence-corrected chi connectivity index (χ2v) is 4.11. The number of ether oxygens (including phenoxy) is 2. The van der Waals surface area contributed by atoms with Crippen LogP contribution >= 0.6 is 0 Å². The predicted molar refractivity (Wildman–Crippen MR) is 75.9 cm³/mol. The minimum absolute atomic E-state index is 0.0745. The minimum Gasteiger partial charge on any atom is -0.493 e. The van der Waals surface area contributed by atoms with Crippen molar-refractivity contribution < 1.29 is 19.4 Å². The summed E-state index contributed by atoms with van der Waals surface area (Å²) in [7, 11) is 3.11. The maximum atomic E-state index is 11.1. The van der Waals surface area contributed by atoms with Gasteiger partial charge in [0.15, 0.2) is 11.5 Å². The molecule has 2 N–H and O–H groups in total. The Morgan fingerprint density at radius 1 is 1.29 bits per heavy atom. The summed E-state index contributed by atoms with van der Waals surface area (Å²) < 4.78 is 10.4. The summed E-state index contributed by atoms with van der Waals surface area (Å²) in [6.07, 6.45) is 2.60. The van der Waals surface area contributed by atoms with Crippen molar-refractivity contribution in [1.82, 2.24) is 9.97 Å². The highest BCUT2D eigenvalue weighted by molar-refractivity contribution is 5.88. The molecule has 0 fully saturated rings. The van der Waals surface area contributed by atoms with Gasteiger partial charge in [-0.25, -0.2) is 14.8 Å². The highest BCUT2D eigenvalue weighted by Crippen LogP contribution is 2.29. The fourth-order valence-electron chi connectivity index (χ4n) is 1.81. The average molecular weight is 289 g/mol. The van der Waals surface area contributed by atoms with Crippen LogP contribution in [0.4, 0.5) is 5.69 Å². The number of aromatic nitrogens is 2. The number of hydrogen-bond acceptors (Lipinski definition) is 6. The fraction of sp³-hybridized carbons (Fsp3) is 0.214. The number of hydrogen-bond donors (Lipinski definition) is 2. The summed E-state index contributed by atoms with van der Waals surface area (Å²) in [5.74, 6) is 0.152. The molecule has 0 unspecified atom stereocenters. The normalized spacial score (nSPS) is 10.0. The van der Waals surface area contributed by atoms with Gasteiger partial charge >= 0.3 is 5.97 Å². The molecule has 2 rings (SSSR count). The SMILES string of the molecule is COc1ccc(NCc2ncncc2C(=O)O)cc1OC. The van der Waals surface area contributed by atoms with Crippen LogP contribution in [0.1, 0.15) is 16.1 Å². The van der Waals surface area contributed by atoms with Crippen LogP contribution in [0.5, 0.6) is 11.5 Å². The molecule has 1 aromatic carbocycles. The number of carboxylic acids is 1. The maximum absolute atomic E-state index is 11.1. The first-order valence-electron chi connectivity index (χ1n) is 6.13. The number of benzene rings is 1. The molecule has 7 nitrogen and oxygen atoms in total. The van der Waals surface area contributed by atoms with Crippen LogP contribution in [0.25, 0.3) is 0 Å². The Bertz CT molecular complexity index is 646. The lowest BCUT2D eigenvalue weighted by molar-refractivity contribution is 0.0694.